The van der Waals surface area contributed by atoms with E-state index >= 15 is 0 Å². The van der Waals surface area contributed by atoms with Gasteiger partial charge in [0.25, 0.3) is 0 Å². The molecule has 0 fully saturated rings. The fourth-order valence-electron chi connectivity index (χ4n) is 8.05. The summed E-state index contributed by atoms with van der Waals surface area (Å²) in [5.41, 5.74) is 0. The maximum absolute atomic E-state index is 12.8. The number of hydrogen-bond acceptors (Lipinski definition) is 6. The molecule has 0 rings (SSSR count). The second-order valence-electron chi connectivity index (χ2n) is 19.2. The van der Waals surface area contributed by atoms with Crippen LogP contribution in [0.3, 0.4) is 0 Å². The van der Waals surface area contributed by atoms with Crippen LogP contribution in [0.5, 0.6) is 0 Å². The Labute approximate surface area is 426 Å². The van der Waals surface area contributed by atoms with E-state index in [4.69, 9.17) is 14.2 Å². The van der Waals surface area contributed by atoms with Crippen LogP contribution >= 0.6 is 0 Å². The molecule has 0 amide bonds. The van der Waals surface area contributed by atoms with Gasteiger partial charge in [-0.2, -0.15) is 0 Å². The molecule has 0 radical (unpaired) electrons. The van der Waals surface area contributed by atoms with Gasteiger partial charge in [-0.1, -0.05) is 260 Å². The lowest BCUT2D eigenvalue weighted by molar-refractivity contribution is -0.166. The fourth-order valence-corrected chi connectivity index (χ4v) is 8.05. The molecule has 0 spiro atoms. The van der Waals surface area contributed by atoms with Gasteiger partial charge < -0.3 is 14.2 Å². The van der Waals surface area contributed by atoms with Crippen LogP contribution in [0.25, 0.3) is 0 Å². The maximum Gasteiger partial charge on any atom is 0.306 e. The smallest absolute Gasteiger partial charge is 0.306 e. The predicted octanol–water partition coefficient (Wildman–Crippen LogP) is 19.5. The maximum atomic E-state index is 12.8. The van der Waals surface area contributed by atoms with Crippen molar-refractivity contribution in [3.05, 3.63) is 85.1 Å². The summed E-state index contributed by atoms with van der Waals surface area (Å²) in [6, 6.07) is 0. The van der Waals surface area contributed by atoms with Gasteiger partial charge in [-0.25, -0.2) is 0 Å². The summed E-state index contributed by atoms with van der Waals surface area (Å²) < 4.78 is 16.8. The Balaban J connectivity index is 4.44. The Hall–Kier alpha value is -3.41. The average Bonchev–Trinajstić information content (AvgIpc) is 3.35. The molecule has 0 heterocycles. The molecule has 0 saturated heterocycles. The van der Waals surface area contributed by atoms with Crippen LogP contribution in [-0.2, 0) is 28.6 Å². The summed E-state index contributed by atoms with van der Waals surface area (Å²) in [7, 11) is 0. The first-order chi connectivity index (χ1) is 34.0. The number of carbonyl (C=O) groups is 3. The number of rotatable bonds is 52. The summed E-state index contributed by atoms with van der Waals surface area (Å²) in [6.07, 6.45) is 74.4. The largest absolute Gasteiger partial charge is 0.462 e. The molecule has 0 aromatic carbocycles. The van der Waals surface area contributed by atoms with Crippen LogP contribution in [0, 0.1) is 0 Å². The van der Waals surface area contributed by atoms with E-state index in [0.29, 0.717) is 19.3 Å². The highest BCUT2D eigenvalue weighted by Crippen LogP contribution is 2.16. The molecular weight excluding hydrogens is 853 g/mol. The zero-order chi connectivity index (χ0) is 50.0. The summed E-state index contributed by atoms with van der Waals surface area (Å²) in [6.45, 7) is 6.47. The number of ether oxygens (including phenoxy) is 3. The van der Waals surface area contributed by atoms with Crippen LogP contribution in [0.4, 0.5) is 0 Å². The van der Waals surface area contributed by atoms with Gasteiger partial charge >= 0.3 is 17.9 Å². The van der Waals surface area contributed by atoms with Crippen molar-refractivity contribution in [3.63, 3.8) is 0 Å². The van der Waals surface area contributed by atoms with Crippen molar-refractivity contribution in [2.75, 3.05) is 13.2 Å². The Kier molecular flexibility index (Phi) is 54.3. The fraction of sp³-hybridized carbons (Fsp3) is 0.730. The molecular formula is C63H108O6. The van der Waals surface area contributed by atoms with Crippen LogP contribution in [0.15, 0.2) is 85.1 Å². The normalized spacial score (nSPS) is 12.7. The summed E-state index contributed by atoms with van der Waals surface area (Å²) in [5, 5.41) is 0. The van der Waals surface area contributed by atoms with Crippen LogP contribution in [0.1, 0.15) is 278 Å². The average molecular weight is 962 g/mol. The van der Waals surface area contributed by atoms with E-state index in [0.717, 1.165) is 77.0 Å². The van der Waals surface area contributed by atoms with Gasteiger partial charge in [-0.15, -0.1) is 0 Å². The minimum atomic E-state index is -0.806. The number of unbranched alkanes of at least 4 members (excludes halogenated alkanes) is 27. The van der Waals surface area contributed by atoms with Crippen molar-refractivity contribution in [3.8, 4) is 0 Å². The molecule has 0 aromatic heterocycles. The molecule has 396 valence electrons. The van der Waals surface area contributed by atoms with E-state index in [2.05, 4.69) is 99.8 Å². The Morgan fingerprint density at radius 1 is 0.304 bits per heavy atom. The Bertz CT molecular complexity index is 1330. The first-order valence-corrected chi connectivity index (χ1v) is 29.1. The van der Waals surface area contributed by atoms with Crippen LogP contribution in [0.2, 0.25) is 0 Å². The summed E-state index contributed by atoms with van der Waals surface area (Å²) >= 11 is 0. The number of hydrogen-bond donors (Lipinski definition) is 0. The third-order valence-electron chi connectivity index (χ3n) is 12.4. The monoisotopic (exact) mass is 961 g/mol. The lowest BCUT2D eigenvalue weighted by Gasteiger charge is -2.18. The molecule has 6 nitrogen and oxygen atoms in total. The van der Waals surface area contributed by atoms with E-state index in [9.17, 15) is 14.4 Å². The molecule has 0 aliphatic rings. The highest BCUT2D eigenvalue weighted by Gasteiger charge is 2.19. The van der Waals surface area contributed by atoms with E-state index in [1.807, 2.05) is 6.08 Å². The third-order valence-corrected chi connectivity index (χ3v) is 12.4. The first kappa shape index (κ1) is 65.6. The third kappa shape index (κ3) is 55.4. The van der Waals surface area contributed by atoms with Gasteiger partial charge in [-0.3, -0.25) is 14.4 Å². The molecule has 1 atom stereocenters. The van der Waals surface area contributed by atoms with Crippen molar-refractivity contribution in [1.29, 1.82) is 0 Å². The minimum absolute atomic E-state index is 0.0987. The van der Waals surface area contributed by atoms with Crippen molar-refractivity contribution < 1.29 is 28.6 Å². The van der Waals surface area contributed by atoms with Crippen molar-refractivity contribution in [2.45, 2.75) is 284 Å². The van der Waals surface area contributed by atoms with Gasteiger partial charge in [0.1, 0.15) is 13.2 Å². The minimum Gasteiger partial charge on any atom is -0.462 e. The van der Waals surface area contributed by atoms with Crippen LogP contribution in [-0.4, -0.2) is 37.2 Å². The number of carbonyl (C=O) groups excluding carboxylic acids is 3. The standard InChI is InChI=1S/C63H108O6/c1-4-7-10-13-16-19-22-25-27-29-31-33-35-38-40-43-46-49-52-55-61(64)67-58-60(69-63(66)57-54-51-48-45-42-37-24-21-18-15-12-9-6-3)59-68-62(65)56-53-50-47-44-41-39-36-34-32-30-28-26-23-20-17-14-11-8-5-2/h7,10,16,19,25-28,31,33,38,40,46,49,60H,4-6,8-9,11-15,17-18,20-24,29-30,32,34-37,39,41-45,47-48,50-59H2,1-3H3/b10-7-,19-16-,27-25-,28-26-,33-31-,40-38-,49-46-/t60-/m1/s1. The molecule has 0 saturated carbocycles. The predicted molar refractivity (Wildman–Crippen MR) is 297 cm³/mol. The summed E-state index contributed by atoms with van der Waals surface area (Å²) in [5.74, 6) is -0.981. The highest BCUT2D eigenvalue weighted by molar-refractivity contribution is 5.71. The topological polar surface area (TPSA) is 78.9 Å². The lowest BCUT2D eigenvalue weighted by atomic mass is 10.0. The van der Waals surface area contributed by atoms with Crippen LogP contribution < -0.4 is 0 Å². The Morgan fingerprint density at radius 2 is 0.594 bits per heavy atom. The Morgan fingerprint density at radius 3 is 0.971 bits per heavy atom. The summed E-state index contributed by atoms with van der Waals surface area (Å²) in [4.78, 5) is 38.1. The molecule has 6 heteroatoms. The van der Waals surface area contributed by atoms with Gasteiger partial charge in [-0.05, 0) is 83.5 Å². The quantitative estimate of drug-likeness (QED) is 0.0262. The zero-order valence-electron chi connectivity index (χ0n) is 45.3. The van der Waals surface area contributed by atoms with Gasteiger partial charge in [0.2, 0.25) is 0 Å². The van der Waals surface area contributed by atoms with Crippen molar-refractivity contribution in [2.24, 2.45) is 0 Å². The number of esters is 3. The SMILES string of the molecule is CC/C=C\C/C=C\C/C=C\C/C=C\C/C=C\C/C=C\CCC(=O)OC[C@H](COC(=O)CCCCCCCCCCC/C=C\CCCCCCCC)OC(=O)CCCCCCCCCCCCCCC. The van der Waals surface area contributed by atoms with E-state index in [1.165, 1.54) is 154 Å². The second kappa shape index (κ2) is 57.2. The van der Waals surface area contributed by atoms with E-state index < -0.39 is 6.10 Å². The van der Waals surface area contributed by atoms with Crippen molar-refractivity contribution in [1.82, 2.24) is 0 Å². The molecule has 0 aliphatic heterocycles. The highest BCUT2D eigenvalue weighted by atomic mass is 16.6. The van der Waals surface area contributed by atoms with Crippen molar-refractivity contribution >= 4 is 17.9 Å². The zero-order valence-corrected chi connectivity index (χ0v) is 45.3. The molecule has 69 heavy (non-hydrogen) atoms. The molecule has 0 aromatic rings. The molecule has 0 bridgehead atoms. The molecule has 0 N–H and O–H groups in total. The number of allylic oxidation sites excluding steroid dienone is 14. The van der Waals surface area contributed by atoms with E-state index in [1.54, 1.807) is 0 Å². The molecule has 0 aliphatic carbocycles. The second-order valence-corrected chi connectivity index (χ2v) is 19.2. The van der Waals surface area contributed by atoms with Gasteiger partial charge in [0, 0.05) is 19.3 Å². The van der Waals surface area contributed by atoms with E-state index in [-0.39, 0.29) is 37.5 Å². The first-order valence-electron chi connectivity index (χ1n) is 29.1. The van der Waals surface area contributed by atoms with Gasteiger partial charge in [0.15, 0.2) is 6.10 Å². The lowest BCUT2D eigenvalue weighted by Crippen LogP contribution is -2.30. The molecule has 0 unspecified atom stereocenters. The van der Waals surface area contributed by atoms with Gasteiger partial charge in [0.05, 0.1) is 0 Å².